The highest BCUT2D eigenvalue weighted by atomic mass is 32.1. The maximum Gasteiger partial charge on any atom is 0.160 e. The number of carbonyl (C=O) groups is 1. The molecule has 0 aromatic rings. The predicted octanol–water partition coefficient (Wildman–Crippen LogP) is 1.96. The van der Waals surface area contributed by atoms with Crippen molar-refractivity contribution in [1.82, 2.24) is 0 Å². The monoisotopic (exact) mass is 180 g/mol. The lowest BCUT2D eigenvalue weighted by Gasteiger charge is -2.19. The average Bonchev–Trinajstić information content (AvgIpc) is 2.05. The van der Waals surface area contributed by atoms with Crippen LogP contribution in [-0.2, 0) is 9.53 Å². The van der Waals surface area contributed by atoms with E-state index in [1.165, 1.54) is 0 Å². The Morgan fingerprint density at radius 2 is 2.17 bits per heavy atom. The van der Waals surface area contributed by atoms with Gasteiger partial charge in [0.05, 0.1) is 0 Å². The first-order valence-corrected chi connectivity index (χ1v) is 4.21. The summed E-state index contributed by atoms with van der Waals surface area (Å²) in [5.74, 6) is 0.940. The van der Waals surface area contributed by atoms with E-state index in [4.69, 9.17) is 4.74 Å². The van der Waals surface area contributed by atoms with Gasteiger partial charge in [-0.3, -0.25) is 4.79 Å². The molecular formula is C9H8O2S. The van der Waals surface area contributed by atoms with E-state index in [0.29, 0.717) is 11.5 Å². The van der Waals surface area contributed by atoms with Crippen LogP contribution in [0.25, 0.3) is 0 Å². The van der Waals surface area contributed by atoms with E-state index in [-0.39, 0.29) is 5.78 Å². The Labute approximate surface area is 76.0 Å². The first-order chi connectivity index (χ1) is 5.75. The fourth-order valence-corrected chi connectivity index (χ4v) is 1.46. The fraction of sp³-hybridized carbons (Fsp3) is 0.222. The number of hydrogen-bond donors (Lipinski definition) is 1. The van der Waals surface area contributed by atoms with Gasteiger partial charge in [-0.15, -0.1) is 12.6 Å². The topological polar surface area (TPSA) is 26.3 Å². The van der Waals surface area contributed by atoms with Crippen LogP contribution >= 0.6 is 12.6 Å². The summed E-state index contributed by atoms with van der Waals surface area (Å²) in [6.45, 7) is 0. The average molecular weight is 180 g/mol. The van der Waals surface area contributed by atoms with Gasteiger partial charge in [0.1, 0.15) is 5.76 Å². The van der Waals surface area contributed by atoms with Crippen LogP contribution < -0.4 is 0 Å². The first kappa shape index (κ1) is 7.68. The summed E-state index contributed by atoms with van der Waals surface area (Å²) < 4.78 is 5.30. The molecule has 0 bridgehead atoms. The number of allylic oxidation sites excluding steroid dienone is 4. The largest absolute Gasteiger partial charge is 0.451 e. The summed E-state index contributed by atoms with van der Waals surface area (Å²) in [7, 11) is 0. The molecule has 2 rings (SSSR count). The van der Waals surface area contributed by atoms with Crippen molar-refractivity contribution < 1.29 is 9.53 Å². The molecule has 3 heteroatoms. The van der Waals surface area contributed by atoms with Crippen LogP contribution in [-0.4, -0.2) is 5.78 Å². The smallest absolute Gasteiger partial charge is 0.160 e. The molecule has 0 unspecified atom stereocenters. The molecule has 0 aromatic carbocycles. The molecule has 0 aromatic heterocycles. The van der Waals surface area contributed by atoms with Crippen molar-refractivity contribution in [2.75, 3.05) is 0 Å². The zero-order chi connectivity index (χ0) is 8.55. The maximum atomic E-state index is 11.0. The molecule has 1 aliphatic carbocycles. The van der Waals surface area contributed by atoms with Gasteiger partial charge in [0.15, 0.2) is 10.9 Å². The second kappa shape index (κ2) is 2.83. The van der Waals surface area contributed by atoms with E-state index in [9.17, 15) is 4.79 Å². The summed E-state index contributed by atoms with van der Waals surface area (Å²) in [4.78, 5) is 11.0. The number of hydrogen-bond acceptors (Lipinski definition) is 3. The molecule has 12 heavy (non-hydrogen) atoms. The molecule has 2 nitrogen and oxygen atoms in total. The van der Waals surface area contributed by atoms with E-state index >= 15 is 0 Å². The lowest BCUT2D eigenvalue weighted by molar-refractivity contribution is -0.114. The molecule has 0 atom stereocenters. The van der Waals surface area contributed by atoms with Gasteiger partial charge < -0.3 is 4.74 Å². The SMILES string of the molecule is O=C1C=C2CC=C(S)OC2=CC1. The predicted molar refractivity (Wildman–Crippen MR) is 48.6 cm³/mol. The third-order valence-electron chi connectivity index (χ3n) is 1.85. The molecule has 2 aliphatic rings. The summed E-state index contributed by atoms with van der Waals surface area (Å²) in [6.07, 6.45) is 6.49. The Morgan fingerprint density at radius 3 is 3.00 bits per heavy atom. The van der Waals surface area contributed by atoms with Gasteiger partial charge in [0.2, 0.25) is 0 Å². The molecule has 0 N–H and O–H groups in total. The van der Waals surface area contributed by atoms with Crippen molar-refractivity contribution in [2.24, 2.45) is 0 Å². The number of ether oxygens (including phenoxy) is 1. The molecule has 0 saturated carbocycles. The molecule has 1 heterocycles. The van der Waals surface area contributed by atoms with E-state index in [0.717, 1.165) is 17.8 Å². The van der Waals surface area contributed by atoms with E-state index < -0.39 is 0 Å². The summed E-state index contributed by atoms with van der Waals surface area (Å²) in [5, 5.41) is 0.618. The highest BCUT2D eigenvalue weighted by molar-refractivity contribution is 7.84. The number of thiol groups is 1. The Hall–Kier alpha value is -0.960. The summed E-state index contributed by atoms with van der Waals surface area (Å²) in [6, 6.07) is 0. The number of ketones is 1. The third kappa shape index (κ3) is 1.32. The zero-order valence-electron chi connectivity index (χ0n) is 6.41. The molecule has 0 saturated heterocycles. The second-order valence-electron chi connectivity index (χ2n) is 2.76. The Bertz CT molecular complexity index is 323. The Kier molecular flexibility index (Phi) is 1.81. The van der Waals surface area contributed by atoms with Crippen molar-refractivity contribution >= 4 is 18.4 Å². The van der Waals surface area contributed by atoms with Crippen molar-refractivity contribution in [3.05, 3.63) is 34.7 Å². The normalized spacial score (nSPS) is 21.8. The third-order valence-corrected chi connectivity index (χ3v) is 2.13. The van der Waals surface area contributed by atoms with Crippen LogP contribution in [0.1, 0.15) is 12.8 Å². The molecule has 0 spiro atoms. The van der Waals surface area contributed by atoms with Crippen LogP contribution in [0.4, 0.5) is 0 Å². The quantitative estimate of drug-likeness (QED) is 0.577. The van der Waals surface area contributed by atoms with Crippen LogP contribution in [0, 0.1) is 0 Å². The maximum absolute atomic E-state index is 11.0. The first-order valence-electron chi connectivity index (χ1n) is 3.76. The van der Waals surface area contributed by atoms with Crippen LogP contribution in [0.3, 0.4) is 0 Å². The standard InChI is InChI=1S/C9H8O2S/c10-7-2-3-8-6(5-7)1-4-9(12)11-8/h3-5,12H,1-2H2. The molecule has 1 aliphatic heterocycles. The van der Waals surface area contributed by atoms with Crippen LogP contribution in [0.2, 0.25) is 0 Å². The second-order valence-corrected chi connectivity index (χ2v) is 3.20. The highest BCUT2D eigenvalue weighted by Crippen LogP contribution is 2.29. The van der Waals surface area contributed by atoms with Gasteiger partial charge in [-0.25, -0.2) is 0 Å². The van der Waals surface area contributed by atoms with Gasteiger partial charge in [-0.1, -0.05) is 0 Å². The molecule has 0 radical (unpaired) electrons. The lowest BCUT2D eigenvalue weighted by atomic mass is 10.0. The fourth-order valence-electron chi connectivity index (χ4n) is 1.27. The minimum Gasteiger partial charge on any atom is -0.451 e. The lowest BCUT2D eigenvalue weighted by Crippen LogP contribution is -2.07. The van der Waals surface area contributed by atoms with Crippen molar-refractivity contribution in [3.8, 4) is 0 Å². The van der Waals surface area contributed by atoms with Crippen molar-refractivity contribution in [2.45, 2.75) is 12.8 Å². The van der Waals surface area contributed by atoms with Gasteiger partial charge in [0.25, 0.3) is 0 Å². The minimum atomic E-state index is 0.147. The number of fused-ring (bicyclic) bond motifs is 1. The Balaban J connectivity index is 2.33. The van der Waals surface area contributed by atoms with Gasteiger partial charge in [-0.05, 0) is 24.6 Å². The minimum absolute atomic E-state index is 0.147. The molecule has 0 fully saturated rings. The van der Waals surface area contributed by atoms with Crippen LogP contribution in [0.15, 0.2) is 34.7 Å². The molecule has 62 valence electrons. The van der Waals surface area contributed by atoms with E-state index in [2.05, 4.69) is 12.6 Å². The van der Waals surface area contributed by atoms with Gasteiger partial charge in [-0.2, -0.15) is 0 Å². The van der Waals surface area contributed by atoms with Crippen molar-refractivity contribution in [3.63, 3.8) is 0 Å². The van der Waals surface area contributed by atoms with Gasteiger partial charge >= 0.3 is 0 Å². The molecular weight excluding hydrogens is 172 g/mol. The molecule has 0 amide bonds. The highest BCUT2D eigenvalue weighted by Gasteiger charge is 2.17. The summed E-state index contributed by atoms with van der Waals surface area (Å²) >= 11 is 4.09. The van der Waals surface area contributed by atoms with Gasteiger partial charge in [0, 0.05) is 12.0 Å². The number of carbonyl (C=O) groups excluding carboxylic acids is 1. The van der Waals surface area contributed by atoms with Crippen LogP contribution in [0.5, 0.6) is 0 Å². The van der Waals surface area contributed by atoms with E-state index in [1.54, 1.807) is 12.2 Å². The van der Waals surface area contributed by atoms with Crippen molar-refractivity contribution in [1.29, 1.82) is 0 Å². The van der Waals surface area contributed by atoms with E-state index in [1.807, 2.05) is 6.08 Å². The summed E-state index contributed by atoms with van der Waals surface area (Å²) in [5.41, 5.74) is 0.962. The number of rotatable bonds is 0. The zero-order valence-corrected chi connectivity index (χ0v) is 7.30. The Morgan fingerprint density at radius 1 is 1.33 bits per heavy atom.